The second-order valence-corrected chi connectivity index (χ2v) is 6.39. The van der Waals surface area contributed by atoms with Gasteiger partial charge in [-0.1, -0.05) is 0 Å². The highest BCUT2D eigenvalue weighted by Gasteiger charge is 2.43. The highest BCUT2D eigenvalue weighted by molar-refractivity contribution is 7.15. The molecule has 8 heteroatoms. The molecular formula is C14H15N5O2S. The van der Waals surface area contributed by atoms with Crippen molar-refractivity contribution in [3.63, 3.8) is 0 Å². The quantitative estimate of drug-likeness (QED) is 0.834. The largest absolute Gasteiger partial charge is 0.335 e. The van der Waals surface area contributed by atoms with Crippen LogP contribution in [0, 0.1) is 6.92 Å². The van der Waals surface area contributed by atoms with E-state index in [1.54, 1.807) is 18.5 Å². The van der Waals surface area contributed by atoms with Gasteiger partial charge in [-0.2, -0.15) is 0 Å². The van der Waals surface area contributed by atoms with Crippen molar-refractivity contribution in [3.05, 3.63) is 35.5 Å². The third kappa shape index (κ3) is 2.82. The lowest BCUT2D eigenvalue weighted by atomic mass is 9.76. The number of hydrogen-bond acceptors (Lipinski definition) is 6. The normalized spacial score (nSPS) is 15.7. The van der Waals surface area contributed by atoms with Gasteiger partial charge in [0.15, 0.2) is 5.82 Å². The Morgan fingerprint density at radius 2 is 1.91 bits per heavy atom. The third-order valence-electron chi connectivity index (χ3n) is 3.62. The van der Waals surface area contributed by atoms with Gasteiger partial charge in [0.1, 0.15) is 10.5 Å². The second-order valence-electron chi connectivity index (χ2n) is 5.16. The van der Waals surface area contributed by atoms with Crippen molar-refractivity contribution in [2.24, 2.45) is 0 Å². The minimum Gasteiger partial charge on any atom is -0.335 e. The first-order chi connectivity index (χ1) is 10.6. The summed E-state index contributed by atoms with van der Waals surface area (Å²) in [5.74, 6) is -0.833. The number of thiazole rings is 1. The molecule has 1 fully saturated rings. The number of nitrogens with zero attached hydrogens (tertiary/aromatic N) is 3. The number of hydrogen-bond donors (Lipinski definition) is 2. The molecule has 0 aromatic carbocycles. The van der Waals surface area contributed by atoms with Gasteiger partial charge < -0.3 is 10.6 Å². The third-order valence-corrected chi connectivity index (χ3v) is 4.45. The number of nitrogens with one attached hydrogen (secondary N) is 2. The van der Waals surface area contributed by atoms with E-state index in [0.717, 1.165) is 24.3 Å². The van der Waals surface area contributed by atoms with E-state index < -0.39 is 17.4 Å². The molecule has 0 spiro atoms. The molecule has 2 heterocycles. The Morgan fingerprint density at radius 1 is 1.18 bits per heavy atom. The molecule has 1 aliphatic rings. The van der Waals surface area contributed by atoms with Crippen LogP contribution in [0.1, 0.15) is 30.1 Å². The molecule has 0 aliphatic heterocycles. The number of carbonyl (C=O) groups is 2. The van der Waals surface area contributed by atoms with Crippen molar-refractivity contribution in [3.8, 4) is 0 Å². The molecule has 2 N–H and O–H groups in total. The van der Waals surface area contributed by atoms with Crippen molar-refractivity contribution in [1.82, 2.24) is 20.3 Å². The van der Waals surface area contributed by atoms with Crippen LogP contribution in [-0.2, 0) is 15.1 Å². The Kier molecular flexibility index (Phi) is 3.84. The highest BCUT2D eigenvalue weighted by atomic mass is 32.1. The standard InChI is InChI=1S/C14H15N5O2S/c1-9-17-8-10(22-9)18-11(20)12(21)19-14(4-2-5-14)13-15-6-3-7-16-13/h3,6-8H,2,4-5H2,1H3,(H,18,20)(H,19,21). The molecule has 22 heavy (non-hydrogen) atoms. The Labute approximate surface area is 131 Å². The predicted octanol–water partition coefficient (Wildman–Crippen LogP) is 1.38. The van der Waals surface area contributed by atoms with Gasteiger partial charge >= 0.3 is 11.8 Å². The molecule has 0 radical (unpaired) electrons. The average molecular weight is 317 g/mol. The fraction of sp³-hybridized carbons (Fsp3) is 0.357. The van der Waals surface area contributed by atoms with E-state index in [-0.39, 0.29) is 0 Å². The maximum atomic E-state index is 12.1. The molecule has 3 rings (SSSR count). The molecule has 1 aliphatic carbocycles. The van der Waals surface area contributed by atoms with Crippen LogP contribution in [0.2, 0.25) is 0 Å². The average Bonchev–Trinajstić information content (AvgIpc) is 2.88. The number of aryl methyl sites for hydroxylation is 1. The number of aromatic nitrogens is 3. The summed E-state index contributed by atoms with van der Waals surface area (Å²) in [4.78, 5) is 36.6. The van der Waals surface area contributed by atoms with Gasteiger partial charge in [0.05, 0.1) is 11.2 Å². The van der Waals surface area contributed by atoms with Crippen molar-refractivity contribution in [1.29, 1.82) is 0 Å². The smallest absolute Gasteiger partial charge is 0.314 e. The molecule has 0 bridgehead atoms. The lowest BCUT2D eigenvalue weighted by Crippen LogP contribution is -2.54. The molecule has 2 aromatic heterocycles. The van der Waals surface area contributed by atoms with E-state index in [0.29, 0.717) is 10.8 Å². The van der Waals surface area contributed by atoms with E-state index in [1.807, 2.05) is 6.92 Å². The molecule has 0 unspecified atom stereocenters. The monoisotopic (exact) mass is 317 g/mol. The Balaban J connectivity index is 1.69. The lowest BCUT2D eigenvalue weighted by Gasteiger charge is -2.40. The molecule has 1 saturated carbocycles. The van der Waals surface area contributed by atoms with E-state index in [9.17, 15) is 9.59 Å². The lowest BCUT2D eigenvalue weighted by molar-refractivity contribution is -0.138. The maximum absolute atomic E-state index is 12.1. The number of carbonyl (C=O) groups excluding carboxylic acids is 2. The summed E-state index contributed by atoms with van der Waals surface area (Å²) in [6, 6.07) is 1.72. The van der Waals surface area contributed by atoms with E-state index >= 15 is 0 Å². The van der Waals surface area contributed by atoms with Crippen molar-refractivity contribution in [2.45, 2.75) is 31.7 Å². The van der Waals surface area contributed by atoms with Gasteiger partial charge in [-0.05, 0) is 32.3 Å². The van der Waals surface area contributed by atoms with Gasteiger partial charge in [-0.3, -0.25) is 9.59 Å². The SMILES string of the molecule is Cc1ncc(NC(=O)C(=O)NC2(c3ncccn3)CCC2)s1. The van der Waals surface area contributed by atoms with Gasteiger partial charge in [-0.15, -0.1) is 11.3 Å². The molecule has 0 atom stereocenters. The van der Waals surface area contributed by atoms with Crippen LogP contribution in [0.5, 0.6) is 0 Å². The van der Waals surface area contributed by atoms with Crippen LogP contribution in [-0.4, -0.2) is 26.8 Å². The first-order valence-electron chi connectivity index (χ1n) is 6.92. The van der Waals surface area contributed by atoms with Crippen molar-refractivity contribution < 1.29 is 9.59 Å². The predicted molar refractivity (Wildman–Crippen MR) is 81.2 cm³/mol. The molecule has 7 nitrogen and oxygen atoms in total. The van der Waals surface area contributed by atoms with Crippen LogP contribution in [0.15, 0.2) is 24.7 Å². The fourth-order valence-corrected chi connectivity index (χ4v) is 3.02. The first kappa shape index (κ1) is 14.6. The number of anilines is 1. The van der Waals surface area contributed by atoms with Crippen LogP contribution in [0.4, 0.5) is 5.00 Å². The van der Waals surface area contributed by atoms with E-state index in [2.05, 4.69) is 25.6 Å². The highest BCUT2D eigenvalue weighted by Crippen LogP contribution is 2.39. The number of rotatable bonds is 3. The second kappa shape index (κ2) is 5.80. The van der Waals surface area contributed by atoms with Gasteiger partial charge in [0.25, 0.3) is 0 Å². The summed E-state index contributed by atoms with van der Waals surface area (Å²) in [6.07, 6.45) is 7.23. The first-order valence-corrected chi connectivity index (χ1v) is 7.74. The van der Waals surface area contributed by atoms with Gasteiger partial charge in [-0.25, -0.2) is 15.0 Å². The molecule has 2 aromatic rings. The van der Waals surface area contributed by atoms with E-state index in [1.165, 1.54) is 17.5 Å². The summed E-state index contributed by atoms with van der Waals surface area (Å²) in [5, 5.41) is 6.71. The van der Waals surface area contributed by atoms with Crippen LogP contribution in [0.25, 0.3) is 0 Å². The van der Waals surface area contributed by atoms with Crippen LogP contribution < -0.4 is 10.6 Å². The summed E-state index contributed by atoms with van der Waals surface area (Å²) in [7, 11) is 0. The topological polar surface area (TPSA) is 96.9 Å². The zero-order chi connectivity index (χ0) is 15.6. The molecule has 114 valence electrons. The van der Waals surface area contributed by atoms with Crippen molar-refractivity contribution in [2.75, 3.05) is 5.32 Å². The Bertz CT molecular complexity index is 696. The fourth-order valence-electron chi connectivity index (χ4n) is 2.34. The Hall–Kier alpha value is -2.35. The van der Waals surface area contributed by atoms with Gasteiger partial charge in [0, 0.05) is 12.4 Å². The zero-order valence-corrected chi connectivity index (χ0v) is 12.8. The minimum absolute atomic E-state index is 0.552. The summed E-state index contributed by atoms with van der Waals surface area (Å²) >= 11 is 1.32. The number of amides is 2. The summed E-state index contributed by atoms with van der Waals surface area (Å²) in [5.41, 5.74) is -0.626. The van der Waals surface area contributed by atoms with Crippen LogP contribution in [0.3, 0.4) is 0 Å². The van der Waals surface area contributed by atoms with Crippen LogP contribution >= 0.6 is 11.3 Å². The van der Waals surface area contributed by atoms with Crippen molar-refractivity contribution >= 4 is 28.2 Å². The Morgan fingerprint density at radius 3 is 2.45 bits per heavy atom. The van der Waals surface area contributed by atoms with E-state index in [4.69, 9.17) is 0 Å². The molecule has 0 saturated heterocycles. The molecule has 2 amide bonds. The zero-order valence-electron chi connectivity index (χ0n) is 12.0. The molecular weight excluding hydrogens is 302 g/mol. The van der Waals surface area contributed by atoms with Gasteiger partial charge in [0.2, 0.25) is 0 Å². The maximum Gasteiger partial charge on any atom is 0.314 e. The summed E-state index contributed by atoms with van der Waals surface area (Å²) in [6.45, 7) is 1.83. The minimum atomic E-state index is -0.703. The summed E-state index contributed by atoms with van der Waals surface area (Å²) < 4.78 is 0.